The minimum absolute atomic E-state index is 0.0182. The zero-order chi connectivity index (χ0) is 12.7. The van der Waals surface area contributed by atoms with Crippen LogP contribution in [0, 0.1) is 18.7 Å². The molecular formula is C15H17FOS. The molecule has 2 aliphatic rings. The minimum atomic E-state index is -0.356. The molecule has 3 rings (SSSR count). The number of carbonyl (C=O) groups excluding carboxylic acids is 1. The van der Waals surface area contributed by atoms with Crippen LogP contribution in [-0.2, 0) is 0 Å². The first-order valence-corrected chi connectivity index (χ1v) is 7.53. The highest BCUT2D eigenvalue weighted by Crippen LogP contribution is 2.46. The van der Waals surface area contributed by atoms with Gasteiger partial charge in [0, 0.05) is 16.4 Å². The van der Waals surface area contributed by atoms with Crippen LogP contribution >= 0.6 is 11.8 Å². The number of ketones is 1. The van der Waals surface area contributed by atoms with Gasteiger partial charge < -0.3 is 0 Å². The van der Waals surface area contributed by atoms with Crippen molar-refractivity contribution in [3.05, 3.63) is 35.1 Å². The highest BCUT2D eigenvalue weighted by molar-refractivity contribution is 8.00. The van der Waals surface area contributed by atoms with Gasteiger partial charge in [-0.25, -0.2) is 4.39 Å². The normalized spacial score (nSPS) is 30.4. The van der Waals surface area contributed by atoms with Crippen LogP contribution in [0.3, 0.4) is 0 Å². The summed E-state index contributed by atoms with van der Waals surface area (Å²) in [6.45, 7) is 1.84. The number of Topliss-reactive ketones (excluding diaryl/α,β-unsaturated/α-hetero) is 1. The van der Waals surface area contributed by atoms with Crippen LogP contribution in [0.5, 0.6) is 0 Å². The Hall–Kier alpha value is -0.830. The van der Waals surface area contributed by atoms with E-state index in [-0.39, 0.29) is 23.1 Å². The van der Waals surface area contributed by atoms with Gasteiger partial charge in [0.25, 0.3) is 0 Å². The third kappa shape index (κ3) is 2.20. The number of hydrogen-bond acceptors (Lipinski definition) is 2. The molecule has 2 saturated heterocycles. The monoisotopic (exact) mass is 264 g/mol. The molecule has 0 N–H and O–H groups in total. The lowest BCUT2D eigenvalue weighted by Gasteiger charge is -2.26. The highest BCUT2D eigenvalue weighted by atomic mass is 32.2. The Morgan fingerprint density at radius 2 is 1.94 bits per heavy atom. The third-order valence-electron chi connectivity index (χ3n) is 4.05. The van der Waals surface area contributed by atoms with E-state index in [1.165, 1.54) is 18.9 Å². The van der Waals surface area contributed by atoms with Crippen molar-refractivity contribution in [3.63, 3.8) is 0 Å². The fourth-order valence-electron chi connectivity index (χ4n) is 3.11. The number of fused-ring (bicyclic) bond motifs is 2. The molecule has 2 bridgehead atoms. The van der Waals surface area contributed by atoms with Crippen LogP contribution in [0.15, 0.2) is 18.2 Å². The van der Waals surface area contributed by atoms with Crippen LogP contribution in [0.25, 0.3) is 0 Å². The average Bonchev–Trinajstić information content (AvgIpc) is 2.67. The summed E-state index contributed by atoms with van der Waals surface area (Å²) in [6.07, 6.45) is 4.34. The molecule has 0 aliphatic carbocycles. The Balaban J connectivity index is 1.82. The van der Waals surface area contributed by atoms with E-state index in [4.69, 9.17) is 0 Å². The topological polar surface area (TPSA) is 17.1 Å². The number of benzene rings is 1. The first-order valence-electron chi connectivity index (χ1n) is 6.59. The number of thioether (sulfide) groups is 1. The van der Waals surface area contributed by atoms with Gasteiger partial charge in [-0.2, -0.15) is 11.8 Å². The molecule has 0 spiro atoms. The summed E-state index contributed by atoms with van der Waals surface area (Å²) < 4.78 is 13.8. The van der Waals surface area contributed by atoms with Gasteiger partial charge >= 0.3 is 0 Å². The number of carbonyl (C=O) groups is 1. The predicted molar refractivity (Wildman–Crippen MR) is 72.6 cm³/mol. The third-order valence-corrected chi connectivity index (χ3v) is 5.68. The minimum Gasteiger partial charge on any atom is -0.294 e. The maximum absolute atomic E-state index is 13.8. The lowest BCUT2D eigenvalue weighted by molar-refractivity contribution is 0.0902. The summed E-state index contributed by atoms with van der Waals surface area (Å²) in [7, 11) is 0. The van der Waals surface area contributed by atoms with Crippen LogP contribution in [0.2, 0.25) is 0 Å². The Morgan fingerprint density at radius 1 is 1.28 bits per heavy atom. The van der Waals surface area contributed by atoms with E-state index in [0.29, 0.717) is 10.5 Å². The molecule has 2 unspecified atom stereocenters. The van der Waals surface area contributed by atoms with Crippen LogP contribution in [-0.4, -0.2) is 16.3 Å². The van der Waals surface area contributed by atoms with E-state index in [2.05, 4.69) is 0 Å². The fourth-order valence-corrected chi connectivity index (χ4v) is 4.89. The van der Waals surface area contributed by atoms with Crippen molar-refractivity contribution in [2.75, 3.05) is 0 Å². The van der Waals surface area contributed by atoms with Crippen molar-refractivity contribution in [3.8, 4) is 0 Å². The van der Waals surface area contributed by atoms with Crippen molar-refractivity contribution in [2.24, 2.45) is 5.92 Å². The predicted octanol–water partition coefficient (Wildman–Crippen LogP) is 3.99. The number of aryl methyl sites for hydroxylation is 1. The van der Waals surface area contributed by atoms with E-state index in [9.17, 15) is 9.18 Å². The summed E-state index contributed by atoms with van der Waals surface area (Å²) >= 11 is 2.03. The first kappa shape index (κ1) is 12.2. The number of hydrogen-bond donors (Lipinski definition) is 0. The van der Waals surface area contributed by atoms with Gasteiger partial charge in [0.2, 0.25) is 0 Å². The van der Waals surface area contributed by atoms with Gasteiger partial charge in [-0.3, -0.25) is 4.79 Å². The second-order valence-corrected chi connectivity index (χ2v) is 7.08. The Bertz CT molecular complexity index is 473. The summed E-state index contributed by atoms with van der Waals surface area (Å²) in [4.78, 5) is 12.4. The molecule has 0 aromatic heterocycles. The second-order valence-electron chi connectivity index (χ2n) is 5.47. The van der Waals surface area contributed by atoms with E-state index in [0.717, 1.165) is 18.4 Å². The zero-order valence-corrected chi connectivity index (χ0v) is 11.3. The molecule has 3 heteroatoms. The molecule has 1 nitrogen and oxygen atoms in total. The highest BCUT2D eigenvalue weighted by Gasteiger charge is 2.38. The molecule has 0 saturated carbocycles. The van der Waals surface area contributed by atoms with Crippen LogP contribution in [0.1, 0.15) is 41.6 Å². The van der Waals surface area contributed by atoms with E-state index in [1.54, 1.807) is 6.07 Å². The summed E-state index contributed by atoms with van der Waals surface area (Å²) in [5, 5.41) is 1.26. The van der Waals surface area contributed by atoms with E-state index >= 15 is 0 Å². The standard InChI is InChI=1S/C15H17FOS/c1-9-2-5-13(14(16)6-9)15(17)10-7-11-3-4-12(8-10)18-11/h2,5-6,10-12H,3-4,7-8H2,1H3. The van der Waals surface area contributed by atoms with Gasteiger partial charge in [0.05, 0.1) is 5.56 Å². The molecule has 0 amide bonds. The summed E-state index contributed by atoms with van der Waals surface area (Å²) in [5.74, 6) is -0.295. The molecule has 0 radical (unpaired) electrons. The molecule has 2 aliphatic heterocycles. The Morgan fingerprint density at radius 3 is 2.56 bits per heavy atom. The van der Waals surface area contributed by atoms with Gasteiger partial charge in [-0.15, -0.1) is 0 Å². The molecule has 2 atom stereocenters. The zero-order valence-electron chi connectivity index (χ0n) is 10.5. The maximum atomic E-state index is 13.8. The van der Waals surface area contributed by atoms with Crippen molar-refractivity contribution in [2.45, 2.75) is 43.1 Å². The molecule has 96 valence electrons. The Labute approximate surface area is 111 Å². The van der Waals surface area contributed by atoms with Crippen molar-refractivity contribution in [1.29, 1.82) is 0 Å². The van der Waals surface area contributed by atoms with E-state index in [1.807, 2.05) is 24.8 Å². The quantitative estimate of drug-likeness (QED) is 0.751. The maximum Gasteiger partial charge on any atom is 0.168 e. The van der Waals surface area contributed by atoms with Crippen LogP contribution < -0.4 is 0 Å². The largest absolute Gasteiger partial charge is 0.294 e. The van der Waals surface area contributed by atoms with Gasteiger partial charge in [-0.05, 0) is 50.3 Å². The summed E-state index contributed by atoms with van der Waals surface area (Å²) in [5.41, 5.74) is 1.15. The van der Waals surface area contributed by atoms with E-state index < -0.39 is 0 Å². The number of halogens is 1. The fraction of sp³-hybridized carbons (Fsp3) is 0.533. The molecule has 2 heterocycles. The van der Waals surface area contributed by atoms with Gasteiger partial charge in [-0.1, -0.05) is 6.07 Å². The Kier molecular flexibility index (Phi) is 3.18. The average molecular weight is 264 g/mol. The molecule has 2 fully saturated rings. The lowest BCUT2D eigenvalue weighted by atomic mass is 9.90. The molecule has 1 aromatic rings. The van der Waals surface area contributed by atoms with Crippen molar-refractivity contribution in [1.82, 2.24) is 0 Å². The van der Waals surface area contributed by atoms with Gasteiger partial charge in [0.15, 0.2) is 5.78 Å². The SMILES string of the molecule is Cc1ccc(C(=O)C2CC3CCC(C2)S3)c(F)c1. The second kappa shape index (κ2) is 4.69. The number of rotatable bonds is 2. The van der Waals surface area contributed by atoms with Gasteiger partial charge in [0.1, 0.15) is 5.82 Å². The molecule has 18 heavy (non-hydrogen) atoms. The summed E-state index contributed by atoms with van der Waals surface area (Å²) in [6, 6.07) is 4.93. The molecular weight excluding hydrogens is 247 g/mol. The lowest BCUT2D eigenvalue weighted by Crippen LogP contribution is -2.25. The van der Waals surface area contributed by atoms with Crippen LogP contribution in [0.4, 0.5) is 4.39 Å². The van der Waals surface area contributed by atoms with Crippen molar-refractivity contribution >= 4 is 17.5 Å². The smallest absolute Gasteiger partial charge is 0.168 e. The first-order chi connectivity index (χ1) is 8.63. The molecule has 1 aromatic carbocycles. The van der Waals surface area contributed by atoms with Crippen molar-refractivity contribution < 1.29 is 9.18 Å².